The van der Waals surface area contributed by atoms with Crippen molar-refractivity contribution < 1.29 is 9.47 Å². The fraction of sp³-hybridized carbons (Fsp3) is 0.571. The maximum atomic E-state index is 5.88. The van der Waals surface area contributed by atoms with Crippen LogP contribution in [0.3, 0.4) is 0 Å². The molecule has 2 aliphatic heterocycles. The van der Waals surface area contributed by atoms with Gasteiger partial charge < -0.3 is 9.47 Å². The Morgan fingerprint density at radius 2 is 2.11 bits per heavy atom. The topological polar surface area (TPSA) is 18.5 Å². The summed E-state index contributed by atoms with van der Waals surface area (Å²) < 4.78 is 12.8. The van der Waals surface area contributed by atoms with Gasteiger partial charge >= 0.3 is 0 Å². The zero-order chi connectivity index (χ0) is 12.5. The molecule has 2 nitrogen and oxygen atoms in total. The van der Waals surface area contributed by atoms with Gasteiger partial charge in [0, 0.05) is 23.1 Å². The molecule has 18 heavy (non-hydrogen) atoms. The van der Waals surface area contributed by atoms with Crippen molar-refractivity contribution in [1.29, 1.82) is 0 Å². The molecule has 1 aromatic carbocycles. The minimum Gasteiger partial charge on any atom is -0.493 e. The molecule has 0 saturated carbocycles. The normalized spacial score (nSPS) is 24.4. The van der Waals surface area contributed by atoms with Gasteiger partial charge in [-0.3, -0.25) is 0 Å². The van der Waals surface area contributed by atoms with E-state index < -0.39 is 0 Å². The number of hydrogen-bond donors (Lipinski definition) is 0. The molecule has 0 radical (unpaired) electrons. The van der Waals surface area contributed by atoms with Crippen molar-refractivity contribution in [2.75, 3.05) is 13.2 Å². The van der Waals surface area contributed by atoms with Gasteiger partial charge in [0.1, 0.15) is 5.75 Å². The van der Waals surface area contributed by atoms with Crippen molar-refractivity contribution in [3.8, 4) is 5.75 Å². The molecule has 0 aliphatic carbocycles. The van der Waals surface area contributed by atoms with Crippen molar-refractivity contribution in [3.05, 3.63) is 27.7 Å². The van der Waals surface area contributed by atoms with Gasteiger partial charge in [0.05, 0.1) is 17.5 Å². The van der Waals surface area contributed by atoms with E-state index in [-0.39, 0.29) is 10.9 Å². The van der Waals surface area contributed by atoms with Crippen molar-refractivity contribution in [2.45, 2.75) is 36.6 Å². The third-order valence-corrected chi connectivity index (χ3v) is 5.16. The first-order valence-electron chi connectivity index (χ1n) is 6.46. The maximum absolute atomic E-state index is 5.88. The number of fused-ring (bicyclic) bond motifs is 1. The summed E-state index contributed by atoms with van der Waals surface area (Å²) in [5.41, 5.74) is 2.53. The summed E-state index contributed by atoms with van der Waals surface area (Å²) in [7, 11) is 0. The van der Waals surface area contributed by atoms with Crippen LogP contribution >= 0.6 is 31.9 Å². The van der Waals surface area contributed by atoms with Crippen LogP contribution < -0.4 is 4.74 Å². The summed E-state index contributed by atoms with van der Waals surface area (Å²) >= 11 is 7.40. The number of rotatable bonds is 2. The van der Waals surface area contributed by atoms with Crippen molar-refractivity contribution in [3.63, 3.8) is 0 Å². The molecule has 1 aromatic rings. The average molecular weight is 376 g/mol. The Balaban J connectivity index is 1.91. The summed E-state index contributed by atoms with van der Waals surface area (Å²) in [5, 5.41) is 0. The molecule has 2 atom stereocenters. The molecule has 0 N–H and O–H groups in total. The van der Waals surface area contributed by atoms with E-state index in [0.717, 1.165) is 36.3 Å². The third-order valence-electron chi connectivity index (χ3n) is 3.62. The largest absolute Gasteiger partial charge is 0.493 e. The van der Waals surface area contributed by atoms with Crippen molar-refractivity contribution >= 4 is 31.9 Å². The first-order valence-corrected chi connectivity index (χ1v) is 8.17. The van der Waals surface area contributed by atoms with Gasteiger partial charge in [0.2, 0.25) is 0 Å². The molecular formula is C14H16Br2O2. The Kier molecular flexibility index (Phi) is 3.97. The van der Waals surface area contributed by atoms with Crippen LogP contribution in [0.2, 0.25) is 0 Å². The first kappa shape index (κ1) is 12.9. The SMILES string of the molecule is Brc1cc2c(c(C(Br)C3CCCCO3)c1)OCC2. The first-order chi connectivity index (χ1) is 8.75. The van der Waals surface area contributed by atoms with Crippen molar-refractivity contribution in [1.82, 2.24) is 0 Å². The Morgan fingerprint density at radius 3 is 2.89 bits per heavy atom. The molecule has 0 spiro atoms. The molecule has 2 heterocycles. The molecular weight excluding hydrogens is 360 g/mol. The molecule has 1 saturated heterocycles. The highest BCUT2D eigenvalue weighted by atomic mass is 79.9. The number of benzene rings is 1. The predicted molar refractivity (Wildman–Crippen MR) is 78.6 cm³/mol. The van der Waals surface area contributed by atoms with Crippen LogP contribution in [0.15, 0.2) is 16.6 Å². The highest BCUT2D eigenvalue weighted by Crippen LogP contribution is 2.43. The van der Waals surface area contributed by atoms with Gasteiger partial charge in [-0.05, 0) is 37.0 Å². The summed E-state index contributed by atoms with van der Waals surface area (Å²) in [5.74, 6) is 1.06. The number of alkyl halides is 1. The van der Waals surface area contributed by atoms with Gasteiger partial charge in [-0.2, -0.15) is 0 Å². The van der Waals surface area contributed by atoms with Crippen LogP contribution in [0.4, 0.5) is 0 Å². The lowest BCUT2D eigenvalue weighted by Crippen LogP contribution is -2.23. The molecule has 98 valence electrons. The minimum absolute atomic E-state index is 0.224. The minimum atomic E-state index is 0.224. The zero-order valence-corrected chi connectivity index (χ0v) is 13.3. The smallest absolute Gasteiger partial charge is 0.127 e. The lowest BCUT2D eigenvalue weighted by Gasteiger charge is -2.28. The number of halogens is 2. The van der Waals surface area contributed by atoms with E-state index in [1.807, 2.05) is 0 Å². The molecule has 1 fully saturated rings. The predicted octanol–water partition coefficient (Wildman–Crippen LogP) is 4.39. The van der Waals surface area contributed by atoms with Crippen LogP contribution in [0.5, 0.6) is 5.75 Å². The highest BCUT2D eigenvalue weighted by Gasteiger charge is 2.29. The van der Waals surface area contributed by atoms with Crippen molar-refractivity contribution in [2.24, 2.45) is 0 Å². The van der Waals surface area contributed by atoms with E-state index in [4.69, 9.17) is 9.47 Å². The molecule has 2 unspecified atom stereocenters. The summed E-state index contributed by atoms with van der Waals surface area (Å²) in [4.78, 5) is 0.224. The second kappa shape index (κ2) is 5.51. The second-order valence-electron chi connectivity index (χ2n) is 4.89. The Morgan fingerprint density at radius 1 is 1.22 bits per heavy atom. The highest BCUT2D eigenvalue weighted by molar-refractivity contribution is 9.10. The van der Waals surface area contributed by atoms with Gasteiger partial charge in [-0.25, -0.2) is 0 Å². The Bertz CT molecular complexity index is 442. The molecule has 0 amide bonds. The second-order valence-corrected chi connectivity index (χ2v) is 6.79. The fourth-order valence-corrected chi connectivity index (χ4v) is 3.98. The fourth-order valence-electron chi connectivity index (χ4n) is 2.70. The Labute approximate surface area is 124 Å². The monoisotopic (exact) mass is 374 g/mol. The van der Waals surface area contributed by atoms with Gasteiger partial charge in [-0.1, -0.05) is 31.9 Å². The maximum Gasteiger partial charge on any atom is 0.127 e. The van der Waals surface area contributed by atoms with E-state index in [1.54, 1.807) is 0 Å². The summed E-state index contributed by atoms with van der Waals surface area (Å²) in [6.07, 6.45) is 4.83. The van der Waals surface area contributed by atoms with E-state index in [1.165, 1.54) is 24.0 Å². The van der Waals surface area contributed by atoms with Crippen LogP contribution in [0.25, 0.3) is 0 Å². The van der Waals surface area contributed by atoms with Crippen LogP contribution in [-0.4, -0.2) is 19.3 Å². The molecule has 4 heteroatoms. The van der Waals surface area contributed by atoms with E-state index in [0.29, 0.717) is 0 Å². The van der Waals surface area contributed by atoms with Gasteiger partial charge in [0.15, 0.2) is 0 Å². The molecule has 2 aliphatic rings. The van der Waals surface area contributed by atoms with Gasteiger partial charge in [-0.15, -0.1) is 0 Å². The van der Waals surface area contributed by atoms with Gasteiger partial charge in [0.25, 0.3) is 0 Å². The lowest BCUT2D eigenvalue weighted by molar-refractivity contribution is 0.0157. The number of hydrogen-bond acceptors (Lipinski definition) is 2. The Hall–Kier alpha value is -0.0600. The van der Waals surface area contributed by atoms with E-state index >= 15 is 0 Å². The summed E-state index contributed by atoms with van der Waals surface area (Å²) in [6.45, 7) is 1.67. The van der Waals surface area contributed by atoms with Crippen LogP contribution in [-0.2, 0) is 11.2 Å². The zero-order valence-electron chi connectivity index (χ0n) is 10.1. The standard InChI is InChI=1S/C14H16Br2O2/c15-10-7-9-4-6-18-14(9)11(8-10)13(16)12-3-1-2-5-17-12/h7-8,12-13H,1-6H2. The van der Waals surface area contributed by atoms with Crippen LogP contribution in [0.1, 0.15) is 35.2 Å². The summed E-state index contributed by atoms with van der Waals surface area (Å²) in [6, 6.07) is 4.31. The lowest BCUT2D eigenvalue weighted by atomic mass is 9.98. The molecule has 0 aromatic heterocycles. The third kappa shape index (κ3) is 2.47. The molecule has 3 rings (SSSR count). The quantitative estimate of drug-likeness (QED) is 0.713. The number of ether oxygens (including phenoxy) is 2. The molecule has 0 bridgehead atoms. The average Bonchev–Trinajstić information content (AvgIpc) is 2.86. The van der Waals surface area contributed by atoms with E-state index in [2.05, 4.69) is 44.0 Å². The van der Waals surface area contributed by atoms with E-state index in [9.17, 15) is 0 Å². The van der Waals surface area contributed by atoms with Crippen LogP contribution in [0, 0.1) is 0 Å².